The summed E-state index contributed by atoms with van der Waals surface area (Å²) in [5.41, 5.74) is 0.957. The van der Waals surface area contributed by atoms with Crippen LogP contribution in [0.3, 0.4) is 0 Å². The lowest BCUT2D eigenvalue weighted by Gasteiger charge is -2.38. The molecular weight excluding hydrogens is 423 g/mol. The van der Waals surface area contributed by atoms with Crippen molar-refractivity contribution >= 4 is 23.3 Å². The molecule has 1 fully saturated rings. The molecular formula is C22H28ClFN4O3. The number of pyridine rings is 1. The van der Waals surface area contributed by atoms with E-state index in [1.807, 2.05) is 0 Å². The lowest BCUT2D eigenvalue weighted by molar-refractivity contribution is 0.141. The van der Waals surface area contributed by atoms with Gasteiger partial charge < -0.3 is 25.0 Å². The minimum atomic E-state index is -0.437. The van der Waals surface area contributed by atoms with Crippen LogP contribution in [0.1, 0.15) is 24.5 Å². The Morgan fingerprint density at radius 3 is 2.77 bits per heavy atom. The fourth-order valence-corrected chi connectivity index (χ4v) is 3.92. The number of piperidine rings is 1. The topological polar surface area (TPSA) is 75.7 Å². The molecule has 31 heavy (non-hydrogen) atoms. The number of anilines is 1. The number of nitrogens with one attached hydrogen (secondary N) is 2. The van der Waals surface area contributed by atoms with Crippen LogP contribution in [0.25, 0.3) is 0 Å². The fourth-order valence-electron chi connectivity index (χ4n) is 3.79. The number of carbonyl (C=O) groups excluding carboxylic acids is 1. The van der Waals surface area contributed by atoms with E-state index in [9.17, 15) is 9.18 Å². The molecule has 2 N–H and O–H groups in total. The molecule has 0 saturated carbocycles. The van der Waals surface area contributed by atoms with Crippen LogP contribution in [0.5, 0.6) is 5.75 Å². The quantitative estimate of drug-likeness (QED) is 0.596. The van der Waals surface area contributed by atoms with Crippen LogP contribution in [-0.2, 0) is 4.74 Å². The molecule has 7 nitrogen and oxygen atoms in total. The third-order valence-electron chi connectivity index (χ3n) is 5.37. The number of rotatable bonds is 8. The van der Waals surface area contributed by atoms with Gasteiger partial charge in [0.05, 0.1) is 19.0 Å². The number of ether oxygens (including phenoxy) is 2. The zero-order valence-electron chi connectivity index (χ0n) is 17.7. The van der Waals surface area contributed by atoms with Crippen molar-refractivity contribution in [1.82, 2.24) is 15.2 Å². The predicted octanol–water partition coefficient (Wildman–Crippen LogP) is 3.90. The van der Waals surface area contributed by atoms with Gasteiger partial charge in [-0.25, -0.2) is 9.18 Å². The highest BCUT2D eigenvalue weighted by Crippen LogP contribution is 2.29. The first-order chi connectivity index (χ1) is 15.0. The summed E-state index contributed by atoms with van der Waals surface area (Å²) in [5.74, 6) is -0.370. The first-order valence-electron chi connectivity index (χ1n) is 10.2. The van der Waals surface area contributed by atoms with Gasteiger partial charge in [-0.1, -0.05) is 11.6 Å². The first-order valence-corrected chi connectivity index (χ1v) is 10.6. The Bertz CT molecular complexity index is 868. The molecule has 2 amide bonds. The van der Waals surface area contributed by atoms with E-state index in [4.69, 9.17) is 21.1 Å². The Hall–Kier alpha value is -2.42. The largest absolute Gasteiger partial charge is 0.495 e. The second-order valence-corrected chi connectivity index (χ2v) is 7.93. The number of urea groups is 1. The summed E-state index contributed by atoms with van der Waals surface area (Å²) in [5, 5.41) is 6.39. The number of carbonyl (C=O) groups is 1. The van der Waals surface area contributed by atoms with E-state index in [1.165, 1.54) is 19.4 Å². The molecule has 9 heteroatoms. The van der Waals surface area contributed by atoms with Gasteiger partial charge in [-0.05, 0) is 37.1 Å². The van der Waals surface area contributed by atoms with Gasteiger partial charge in [0.15, 0.2) is 0 Å². The number of methoxy groups -OCH3 is 2. The second kappa shape index (κ2) is 11.3. The van der Waals surface area contributed by atoms with E-state index in [0.717, 1.165) is 19.5 Å². The van der Waals surface area contributed by atoms with Crippen LogP contribution in [0.4, 0.5) is 14.9 Å². The van der Waals surface area contributed by atoms with Crippen LogP contribution in [0.2, 0.25) is 5.02 Å². The lowest BCUT2D eigenvalue weighted by atomic mass is 9.88. The molecule has 1 saturated heterocycles. The van der Waals surface area contributed by atoms with E-state index in [1.54, 1.807) is 31.4 Å². The molecule has 2 heterocycles. The van der Waals surface area contributed by atoms with Gasteiger partial charge in [0.2, 0.25) is 0 Å². The van der Waals surface area contributed by atoms with Crippen molar-refractivity contribution in [3.63, 3.8) is 0 Å². The van der Waals surface area contributed by atoms with Crippen molar-refractivity contribution in [3.8, 4) is 5.75 Å². The molecule has 1 aliphatic heterocycles. The van der Waals surface area contributed by atoms with Gasteiger partial charge in [-0.3, -0.25) is 4.98 Å². The minimum Gasteiger partial charge on any atom is -0.495 e. The van der Waals surface area contributed by atoms with Crippen molar-refractivity contribution in [1.29, 1.82) is 0 Å². The molecule has 0 unspecified atom stereocenters. The standard InChI is InChI=1S/C22H28ClFN4O3/c1-30-11-3-9-28-10-8-20(27-22(29)26-16-6-4-15(23)5-7-16)18(14-28)21-19(24)12-17(31-2)13-25-21/h4-7,12-13,18,20H,3,8-11,14H2,1-2H3,(H2,26,27,29)/t18-,20-/m1/s1. The van der Waals surface area contributed by atoms with E-state index >= 15 is 0 Å². The van der Waals surface area contributed by atoms with Gasteiger partial charge in [0.1, 0.15) is 11.6 Å². The maximum Gasteiger partial charge on any atom is 0.319 e. The van der Waals surface area contributed by atoms with Crippen LogP contribution in [0.15, 0.2) is 36.5 Å². The summed E-state index contributed by atoms with van der Waals surface area (Å²) in [6.45, 7) is 2.89. The van der Waals surface area contributed by atoms with Gasteiger partial charge in [-0.2, -0.15) is 0 Å². The monoisotopic (exact) mass is 450 g/mol. The molecule has 168 valence electrons. The number of benzene rings is 1. The van der Waals surface area contributed by atoms with Crippen molar-refractivity contribution < 1.29 is 18.7 Å². The summed E-state index contributed by atoms with van der Waals surface area (Å²) < 4.78 is 25.0. The Labute approximate surface area is 186 Å². The third kappa shape index (κ3) is 6.53. The van der Waals surface area contributed by atoms with Crippen LogP contribution in [-0.4, -0.2) is 62.4 Å². The van der Waals surface area contributed by atoms with Gasteiger partial charge in [-0.15, -0.1) is 0 Å². The van der Waals surface area contributed by atoms with E-state index < -0.39 is 5.82 Å². The highest BCUT2D eigenvalue weighted by atomic mass is 35.5. The molecule has 0 bridgehead atoms. The molecule has 0 spiro atoms. The summed E-state index contributed by atoms with van der Waals surface area (Å²) in [6, 6.07) is 7.58. The molecule has 1 aliphatic rings. The Kier molecular flexibility index (Phi) is 8.45. The molecule has 1 aromatic carbocycles. The fraction of sp³-hybridized carbons (Fsp3) is 0.455. The van der Waals surface area contributed by atoms with Crippen molar-refractivity contribution in [3.05, 3.63) is 53.1 Å². The third-order valence-corrected chi connectivity index (χ3v) is 5.62. The second-order valence-electron chi connectivity index (χ2n) is 7.50. The zero-order chi connectivity index (χ0) is 22.2. The van der Waals surface area contributed by atoms with E-state index in [0.29, 0.717) is 41.7 Å². The Morgan fingerprint density at radius 2 is 2.10 bits per heavy atom. The van der Waals surface area contributed by atoms with Crippen LogP contribution >= 0.6 is 11.6 Å². The predicted molar refractivity (Wildman–Crippen MR) is 118 cm³/mol. The summed E-state index contributed by atoms with van der Waals surface area (Å²) in [4.78, 5) is 19.2. The zero-order valence-corrected chi connectivity index (χ0v) is 18.5. The van der Waals surface area contributed by atoms with Crippen molar-refractivity contribution in [2.45, 2.75) is 24.8 Å². The number of hydrogen-bond acceptors (Lipinski definition) is 5. The smallest absolute Gasteiger partial charge is 0.319 e. The highest BCUT2D eigenvalue weighted by molar-refractivity contribution is 6.30. The highest BCUT2D eigenvalue weighted by Gasteiger charge is 2.34. The molecule has 3 rings (SSSR count). The average molecular weight is 451 g/mol. The van der Waals surface area contributed by atoms with E-state index in [2.05, 4.69) is 20.5 Å². The number of aromatic nitrogens is 1. The number of hydrogen-bond donors (Lipinski definition) is 2. The van der Waals surface area contributed by atoms with E-state index in [-0.39, 0.29) is 18.0 Å². The van der Waals surface area contributed by atoms with Crippen molar-refractivity contribution in [2.24, 2.45) is 0 Å². The van der Waals surface area contributed by atoms with Gasteiger partial charge in [0.25, 0.3) is 0 Å². The van der Waals surface area contributed by atoms with Crippen LogP contribution in [0, 0.1) is 5.82 Å². The molecule has 0 aliphatic carbocycles. The molecule has 0 radical (unpaired) electrons. The number of halogens is 2. The first kappa shape index (κ1) is 23.2. The molecule has 2 atom stereocenters. The SMILES string of the molecule is COCCCN1CC[C@@H](NC(=O)Nc2ccc(Cl)cc2)[C@H](c2ncc(OC)cc2F)C1. The van der Waals surface area contributed by atoms with Gasteiger partial charge in [0, 0.05) is 62.1 Å². The maximum absolute atomic E-state index is 14.8. The lowest BCUT2D eigenvalue weighted by Crippen LogP contribution is -2.51. The Balaban J connectivity index is 1.73. The Morgan fingerprint density at radius 1 is 1.32 bits per heavy atom. The minimum absolute atomic E-state index is 0.263. The van der Waals surface area contributed by atoms with Crippen molar-refractivity contribution in [2.75, 3.05) is 45.8 Å². The number of nitrogens with zero attached hydrogens (tertiary/aromatic N) is 2. The molecule has 2 aromatic rings. The number of likely N-dealkylation sites (tertiary alicyclic amines) is 1. The maximum atomic E-state index is 14.8. The van der Waals surface area contributed by atoms with Gasteiger partial charge >= 0.3 is 6.03 Å². The summed E-state index contributed by atoms with van der Waals surface area (Å²) in [7, 11) is 3.15. The number of amides is 2. The van der Waals surface area contributed by atoms with Crippen LogP contribution < -0.4 is 15.4 Å². The summed E-state index contributed by atoms with van der Waals surface area (Å²) in [6.07, 6.45) is 3.07. The average Bonchev–Trinajstić information content (AvgIpc) is 2.76. The normalized spacial score (nSPS) is 19.1. The molecule has 1 aromatic heterocycles. The summed E-state index contributed by atoms with van der Waals surface area (Å²) >= 11 is 5.89.